The van der Waals surface area contributed by atoms with E-state index in [1.54, 1.807) is 0 Å². The van der Waals surface area contributed by atoms with Gasteiger partial charge in [-0.15, -0.1) is 11.6 Å². The Morgan fingerprint density at radius 3 is 2.05 bits per heavy atom. The normalized spacial score (nSPS) is 14.1. The summed E-state index contributed by atoms with van der Waals surface area (Å²) in [6.07, 6.45) is 11.4. The lowest BCUT2D eigenvalue weighted by atomic mass is 9.79. The summed E-state index contributed by atoms with van der Waals surface area (Å²) in [4.78, 5) is 11.3. The topological polar surface area (TPSA) is 29.1 Å². The summed E-state index contributed by atoms with van der Waals surface area (Å²) in [5.41, 5.74) is 0.241. The van der Waals surface area contributed by atoms with Crippen LogP contribution in [-0.4, -0.2) is 18.3 Å². The first-order valence-electron chi connectivity index (χ1n) is 7.90. The standard InChI is InChI=1S/C16H32ClNO/c1-4-6-8-10-12-16(3,11-9-7-5-2)14-18-15(19)13-17/h4-14H2,1-3H3,(H,18,19). The van der Waals surface area contributed by atoms with Crippen molar-refractivity contribution in [1.29, 1.82) is 0 Å². The number of carbonyl (C=O) groups excluding carboxylic acids is 1. The Morgan fingerprint density at radius 2 is 1.53 bits per heavy atom. The van der Waals surface area contributed by atoms with Crippen LogP contribution < -0.4 is 5.32 Å². The number of rotatable bonds is 12. The Hall–Kier alpha value is -0.240. The molecule has 1 unspecified atom stereocenters. The molecule has 0 bridgehead atoms. The summed E-state index contributed by atoms with van der Waals surface area (Å²) in [6.45, 7) is 7.55. The third kappa shape index (κ3) is 10.2. The lowest BCUT2D eigenvalue weighted by Crippen LogP contribution is -2.36. The second-order valence-electron chi connectivity index (χ2n) is 5.99. The largest absolute Gasteiger partial charge is 0.355 e. The van der Waals surface area contributed by atoms with Crippen molar-refractivity contribution < 1.29 is 4.79 Å². The summed E-state index contributed by atoms with van der Waals surface area (Å²) < 4.78 is 0. The zero-order valence-electron chi connectivity index (χ0n) is 13.1. The van der Waals surface area contributed by atoms with Gasteiger partial charge in [0.2, 0.25) is 5.91 Å². The minimum Gasteiger partial charge on any atom is -0.355 e. The fourth-order valence-corrected chi connectivity index (χ4v) is 2.54. The Balaban J connectivity index is 4.14. The molecule has 0 saturated heterocycles. The molecule has 19 heavy (non-hydrogen) atoms. The molecular formula is C16H32ClNO. The molecule has 0 rings (SSSR count). The molecule has 0 aliphatic carbocycles. The van der Waals surface area contributed by atoms with Crippen LogP contribution in [0.3, 0.4) is 0 Å². The molecule has 1 amide bonds. The van der Waals surface area contributed by atoms with Gasteiger partial charge in [0.15, 0.2) is 0 Å². The van der Waals surface area contributed by atoms with Crippen LogP contribution in [0.2, 0.25) is 0 Å². The van der Waals surface area contributed by atoms with Crippen LogP contribution in [0.5, 0.6) is 0 Å². The van der Waals surface area contributed by atoms with Crippen molar-refractivity contribution in [2.45, 2.75) is 78.6 Å². The lowest BCUT2D eigenvalue weighted by Gasteiger charge is -2.30. The van der Waals surface area contributed by atoms with Crippen LogP contribution in [-0.2, 0) is 4.79 Å². The number of amides is 1. The van der Waals surface area contributed by atoms with E-state index < -0.39 is 0 Å². The molecule has 1 atom stereocenters. The predicted molar refractivity (Wildman–Crippen MR) is 84.7 cm³/mol. The van der Waals surface area contributed by atoms with E-state index in [0.29, 0.717) is 0 Å². The molecule has 1 N–H and O–H groups in total. The van der Waals surface area contributed by atoms with Crippen LogP contribution in [0.25, 0.3) is 0 Å². The minimum atomic E-state index is -0.0445. The van der Waals surface area contributed by atoms with Gasteiger partial charge in [-0.2, -0.15) is 0 Å². The van der Waals surface area contributed by atoms with Crippen LogP contribution in [0.4, 0.5) is 0 Å². The highest BCUT2D eigenvalue weighted by atomic mass is 35.5. The number of unbranched alkanes of at least 4 members (excludes halogenated alkanes) is 5. The number of halogens is 1. The van der Waals surface area contributed by atoms with Gasteiger partial charge in [0, 0.05) is 6.54 Å². The number of alkyl halides is 1. The van der Waals surface area contributed by atoms with Gasteiger partial charge >= 0.3 is 0 Å². The van der Waals surface area contributed by atoms with E-state index >= 15 is 0 Å². The summed E-state index contributed by atoms with van der Waals surface area (Å²) >= 11 is 5.54. The second kappa shape index (κ2) is 11.6. The van der Waals surface area contributed by atoms with E-state index in [0.717, 1.165) is 6.54 Å². The molecule has 114 valence electrons. The number of carbonyl (C=O) groups is 1. The first kappa shape index (κ1) is 18.8. The van der Waals surface area contributed by atoms with Crippen molar-refractivity contribution in [3.8, 4) is 0 Å². The van der Waals surface area contributed by atoms with E-state index in [4.69, 9.17) is 11.6 Å². The molecule has 0 heterocycles. The summed E-state index contributed by atoms with van der Waals surface area (Å²) in [5.74, 6) is 0.0258. The summed E-state index contributed by atoms with van der Waals surface area (Å²) in [7, 11) is 0. The number of hydrogen-bond donors (Lipinski definition) is 1. The first-order valence-corrected chi connectivity index (χ1v) is 8.44. The van der Waals surface area contributed by atoms with Crippen LogP contribution in [0.15, 0.2) is 0 Å². The second-order valence-corrected chi connectivity index (χ2v) is 6.26. The average Bonchev–Trinajstić information content (AvgIpc) is 2.41. The van der Waals surface area contributed by atoms with Crippen molar-refractivity contribution in [3.05, 3.63) is 0 Å². The fourth-order valence-electron chi connectivity index (χ4n) is 2.44. The van der Waals surface area contributed by atoms with Gasteiger partial charge in [-0.1, -0.05) is 65.7 Å². The molecule has 0 aromatic heterocycles. The van der Waals surface area contributed by atoms with Gasteiger partial charge in [0.05, 0.1) is 0 Å². The van der Waals surface area contributed by atoms with Gasteiger partial charge in [-0.05, 0) is 18.3 Å². The zero-order chi connectivity index (χ0) is 14.6. The van der Waals surface area contributed by atoms with Crippen LogP contribution in [0.1, 0.15) is 78.6 Å². The Labute approximate surface area is 124 Å². The van der Waals surface area contributed by atoms with Crippen LogP contribution in [0, 0.1) is 5.41 Å². The molecule has 0 radical (unpaired) electrons. The van der Waals surface area contributed by atoms with Crippen LogP contribution >= 0.6 is 11.6 Å². The lowest BCUT2D eigenvalue weighted by molar-refractivity contribution is -0.119. The minimum absolute atomic E-state index is 0.0445. The third-order valence-electron chi connectivity index (χ3n) is 3.85. The monoisotopic (exact) mass is 289 g/mol. The molecule has 0 aliphatic rings. The molecule has 0 spiro atoms. The molecule has 3 heteroatoms. The zero-order valence-corrected chi connectivity index (χ0v) is 13.8. The Bertz CT molecular complexity index is 233. The molecule has 0 aromatic carbocycles. The van der Waals surface area contributed by atoms with E-state index in [1.165, 1.54) is 57.8 Å². The van der Waals surface area contributed by atoms with Gasteiger partial charge in [-0.3, -0.25) is 4.79 Å². The van der Waals surface area contributed by atoms with Gasteiger partial charge < -0.3 is 5.32 Å². The Kier molecular flexibility index (Phi) is 11.4. The molecule has 0 fully saturated rings. The molecule has 2 nitrogen and oxygen atoms in total. The summed E-state index contributed by atoms with van der Waals surface area (Å²) in [6, 6.07) is 0. The predicted octanol–water partition coefficient (Wildman–Crippen LogP) is 4.90. The SMILES string of the molecule is CCCCCCC(C)(CCCCC)CNC(=O)CCl. The van der Waals surface area contributed by atoms with Gasteiger partial charge in [0.1, 0.15) is 5.88 Å². The number of hydrogen-bond acceptors (Lipinski definition) is 1. The fraction of sp³-hybridized carbons (Fsp3) is 0.938. The maximum Gasteiger partial charge on any atom is 0.234 e. The quantitative estimate of drug-likeness (QED) is 0.402. The van der Waals surface area contributed by atoms with Crippen molar-refractivity contribution >= 4 is 17.5 Å². The smallest absolute Gasteiger partial charge is 0.234 e. The van der Waals surface area contributed by atoms with Gasteiger partial charge in [0.25, 0.3) is 0 Å². The van der Waals surface area contributed by atoms with E-state index in [1.807, 2.05) is 0 Å². The van der Waals surface area contributed by atoms with Crippen molar-refractivity contribution in [3.63, 3.8) is 0 Å². The van der Waals surface area contributed by atoms with E-state index in [9.17, 15) is 4.79 Å². The van der Waals surface area contributed by atoms with E-state index in [2.05, 4.69) is 26.1 Å². The van der Waals surface area contributed by atoms with Crippen molar-refractivity contribution in [2.24, 2.45) is 5.41 Å². The molecule has 0 aromatic rings. The van der Waals surface area contributed by atoms with Crippen molar-refractivity contribution in [2.75, 3.05) is 12.4 Å². The number of nitrogens with one attached hydrogen (secondary N) is 1. The van der Waals surface area contributed by atoms with Gasteiger partial charge in [-0.25, -0.2) is 0 Å². The Morgan fingerprint density at radius 1 is 1.00 bits per heavy atom. The maximum absolute atomic E-state index is 11.3. The van der Waals surface area contributed by atoms with Crippen molar-refractivity contribution in [1.82, 2.24) is 5.32 Å². The first-order chi connectivity index (χ1) is 9.08. The molecular weight excluding hydrogens is 258 g/mol. The average molecular weight is 290 g/mol. The highest BCUT2D eigenvalue weighted by Gasteiger charge is 2.23. The summed E-state index contributed by atoms with van der Waals surface area (Å²) in [5, 5.41) is 2.97. The van der Waals surface area contributed by atoms with E-state index in [-0.39, 0.29) is 17.2 Å². The highest BCUT2D eigenvalue weighted by molar-refractivity contribution is 6.27. The molecule has 0 aliphatic heterocycles. The third-order valence-corrected chi connectivity index (χ3v) is 4.09. The highest BCUT2D eigenvalue weighted by Crippen LogP contribution is 2.30. The molecule has 0 saturated carbocycles. The maximum atomic E-state index is 11.3.